The van der Waals surface area contributed by atoms with Crippen LogP contribution >= 0.6 is 0 Å². The molecule has 134 valence electrons. The topological polar surface area (TPSA) is 98.7 Å². The van der Waals surface area contributed by atoms with E-state index in [9.17, 15) is 9.18 Å². The normalized spacial score (nSPS) is 10.7. The van der Waals surface area contributed by atoms with Crippen LogP contribution in [0.3, 0.4) is 0 Å². The van der Waals surface area contributed by atoms with Crippen molar-refractivity contribution in [2.75, 3.05) is 5.32 Å². The zero-order valence-corrected chi connectivity index (χ0v) is 14.1. The average Bonchev–Trinajstić information content (AvgIpc) is 3.33. The number of anilines is 1. The van der Waals surface area contributed by atoms with E-state index in [-0.39, 0.29) is 11.7 Å². The van der Waals surface area contributed by atoms with Gasteiger partial charge in [-0.25, -0.2) is 9.07 Å². The fourth-order valence-electron chi connectivity index (χ4n) is 2.62. The molecule has 4 aromatic rings. The molecule has 0 spiro atoms. The van der Waals surface area contributed by atoms with Crippen molar-refractivity contribution < 1.29 is 13.7 Å². The van der Waals surface area contributed by atoms with Crippen molar-refractivity contribution >= 4 is 11.6 Å². The van der Waals surface area contributed by atoms with E-state index in [1.807, 2.05) is 0 Å². The number of carbonyl (C=O) groups excluding carboxylic acids is 1. The summed E-state index contributed by atoms with van der Waals surface area (Å²) in [6.07, 6.45) is 1.48. The van der Waals surface area contributed by atoms with Crippen molar-refractivity contribution in [2.45, 2.75) is 6.92 Å². The molecule has 2 heterocycles. The van der Waals surface area contributed by atoms with Crippen molar-refractivity contribution in [3.63, 3.8) is 0 Å². The van der Waals surface area contributed by atoms with E-state index in [1.54, 1.807) is 43.3 Å². The number of nitrogens with zero attached hydrogens (tertiary/aromatic N) is 5. The third-order valence-corrected chi connectivity index (χ3v) is 3.95. The van der Waals surface area contributed by atoms with Crippen molar-refractivity contribution in [1.29, 1.82) is 0 Å². The number of rotatable bonds is 4. The summed E-state index contributed by atoms with van der Waals surface area (Å²) in [5, 5.41) is 17.7. The highest BCUT2D eigenvalue weighted by Crippen LogP contribution is 2.26. The highest BCUT2D eigenvalue weighted by Gasteiger charge is 2.21. The van der Waals surface area contributed by atoms with E-state index >= 15 is 0 Å². The number of hydrogen-bond acceptors (Lipinski definition) is 6. The molecule has 0 radical (unpaired) electrons. The Morgan fingerprint density at radius 2 is 1.85 bits per heavy atom. The molecule has 0 saturated carbocycles. The first-order valence-corrected chi connectivity index (χ1v) is 7.99. The second kappa shape index (κ2) is 6.79. The molecular formula is C18H13FN6O2. The largest absolute Gasteiger partial charge is 0.360 e. The van der Waals surface area contributed by atoms with Crippen molar-refractivity contribution in [3.05, 3.63) is 72.0 Å². The van der Waals surface area contributed by atoms with Gasteiger partial charge in [-0.15, -0.1) is 5.10 Å². The number of aryl methyl sites for hydroxylation is 1. The molecule has 2 aromatic carbocycles. The van der Waals surface area contributed by atoms with Gasteiger partial charge in [-0.05, 0) is 65.9 Å². The van der Waals surface area contributed by atoms with Gasteiger partial charge < -0.3 is 9.84 Å². The Morgan fingerprint density at radius 1 is 1.11 bits per heavy atom. The molecule has 4 rings (SSSR count). The third kappa shape index (κ3) is 3.30. The maximum atomic E-state index is 13.2. The van der Waals surface area contributed by atoms with Gasteiger partial charge in [0, 0.05) is 11.3 Å². The summed E-state index contributed by atoms with van der Waals surface area (Å²) in [4.78, 5) is 12.7. The molecule has 0 saturated heterocycles. The Labute approximate surface area is 152 Å². The number of aromatic nitrogens is 5. The highest BCUT2D eigenvalue weighted by molar-refractivity contribution is 6.08. The first-order valence-electron chi connectivity index (χ1n) is 7.99. The van der Waals surface area contributed by atoms with Crippen molar-refractivity contribution in [1.82, 2.24) is 25.4 Å². The first kappa shape index (κ1) is 16.6. The molecule has 0 atom stereocenters. The molecule has 9 heteroatoms. The van der Waals surface area contributed by atoms with Crippen LogP contribution in [-0.2, 0) is 0 Å². The van der Waals surface area contributed by atoms with E-state index in [0.717, 1.165) is 5.69 Å². The van der Waals surface area contributed by atoms with Gasteiger partial charge in [0.15, 0.2) is 0 Å². The summed E-state index contributed by atoms with van der Waals surface area (Å²) < 4.78 is 19.8. The SMILES string of the molecule is Cc1onc(-c2ccc(F)cc2)c1C(=O)Nc1ccc(-n2cnnn2)cc1. The second-order valence-corrected chi connectivity index (χ2v) is 5.72. The number of nitrogens with one attached hydrogen (secondary N) is 1. The summed E-state index contributed by atoms with van der Waals surface area (Å²) in [5.74, 6) is -0.368. The molecule has 0 unspecified atom stereocenters. The fourth-order valence-corrected chi connectivity index (χ4v) is 2.62. The highest BCUT2D eigenvalue weighted by atomic mass is 19.1. The smallest absolute Gasteiger partial charge is 0.261 e. The molecule has 1 amide bonds. The molecule has 2 aromatic heterocycles. The molecule has 8 nitrogen and oxygen atoms in total. The Kier molecular flexibility index (Phi) is 4.17. The van der Waals surface area contributed by atoms with Crippen molar-refractivity contribution in [2.24, 2.45) is 0 Å². The zero-order chi connectivity index (χ0) is 18.8. The van der Waals surface area contributed by atoms with Crippen LogP contribution in [0.2, 0.25) is 0 Å². The van der Waals surface area contributed by atoms with Crippen LogP contribution in [0.25, 0.3) is 16.9 Å². The number of carbonyl (C=O) groups is 1. The summed E-state index contributed by atoms with van der Waals surface area (Å²) in [6.45, 7) is 1.65. The van der Waals surface area contributed by atoms with Gasteiger partial charge in [0.2, 0.25) is 0 Å². The van der Waals surface area contributed by atoms with Gasteiger partial charge in [-0.2, -0.15) is 0 Å². The van der Waals surface area contributed by atoms with Crippen LogP contribution < -0.4 is 5.32 Å². The van der Waals surface area contributed by atoms with Crippen LogP contribution in [0.15, 0.2) is 59.4 Å². The third-order valence-electron chi connectivity index (χ3n) is 3.95. The van der Waals surface area contributed by atoms with Crippen LogP contribution in [-0.4, -0.2) is 31.3 Å². The predicted octanol–water partition coefficient (Wildman–Crippen LogP) is 3.02. The lowest BCUT2D eigenvalue weighted by Crippen LogP contribution is -2.13. The van der Waals surface area contributed by atoms with E-state index in [1.165, 1.54) is 23.1 Å². The number of hydrogen-bond donors (Lipinski definition) is 1. The summed E-state index contributed by atoms with van der Waals surface area (Å²) in [7, 11) is 0. The standard InChI is InChI=1S/C18H13FN6O2/c1-11-16(17(22-27-11)12-2-4-13(19)5-3-12)18(26)21-14-6-8-15(9-7-14)25-10-20-23-24-25/h2-10H,1H3,(H,21,26). The van der Waals surface area contributed by atoms with Crippen LogP contribution in [0.1, 0.15) is 16.1 Å². The minimum Gasteiger partial charge on any atom is -0.360 e. The van der Waals surface area contributed by atoms with Crippen molar-refractivity contribution in [3.8, 4) is 16.9 Å². The lowest BCUT2D eigenvalue weighted by atomic mass is 10.1. The number of benzene rings is 2. The average molecular weight is 364 g/mol. The van der Waals surface area contributed by atoms with Crippen LogP contribution in [0, 0.1) is 12.7 Å². The minimum absolute atomic E-state index is 0.297. The Morgan fingerprint density at radius 3 is 2.52 bits per heavy atom. The van der Waals surface area contributed by atoms with E-state index < -0.39 is 0 Å². The van der Waals surface area contributed by atoms with Gasteiger partial charge in [0.05, 0.1) is 5.69 Å². The molecule has 0 aliphatic heterocycles. The number of halogens is 1. The monoisotopic (exact) mass is 364 g/mol. The zero-order valence-electron chi connectivity index (χ0n) is 14.1. The van der Waals surface area contributed by atoms with E-state index in [2.05, 4.69) is 26.0 Å². The number of amides is 1. The summed E-state index contributed by atoms with van der Waals surface area (Å²) in [6, 6.07) is 12.7. The van der Waals surface area contributed by atoms with E-state index in [4.69, 9.17) is 4.52 Å². The molecule has 0 aliphatic rings. The number of tetrazole rings is 1. The molecule has 0 fully saturated rings. The maximum absolute atomic E-state index is 13.2. The first-order chi connectivity index (χ1) is 13.1. The van der Waals surface area contributed by atoms with Crippen LogP contribution in [0.5, 0.6) is 0 Å². The van der Waals surface area contributed by atoms with Gasteiger partial charge in [0.25, 0.3) is 5.91 Å². The molecule has 1 N–H and O–H groups in total. The van der Waals surface area contributed by atoms with Gasteiger partial charge in [0.1, 0.15) is 29.2 Å². The molecule has 0 bridgehead atoms. The molecule has 27 heavy (non-hydrogen) atoms. The fraction of sp³-hybridized carbons (Fsp3) is 0.0556. The van der Waals surface area contributed by atoms with Gasteiger partial charge in [-0.3, -0.25) is 4.79 Å². The van der Waals surface area contributed by atoms with Gasteiger partial charge in [-0.1, -0.05) is 5.16 Å². The van der Waals surface area contributed by atoms with Gasteiger partial charge >= 0.3 is 0 Å². The van der Waals surface area contributed by atoms with Crippen LogP contribution in [0.4, 0.5) is 10.1 Å². The molecular weight excluding hydrogens is 351 g/mol. The summed E-state index contributed by atoms with van der Waals surface area (Å²) in [5.41, 5.74) is 2.59. The lowest BCUT2D eigenvalue weighted by Gasteiger charge is -2.07. The molecule has 0 aliphatic carbocycles. The minimum atomic E-state index is -0.372. The Hall–Kier alpha value is -3.88. The Bertz CT molecular complexity index is 1070. The quantitative estimate of drug-likeness (QED) is 0.598. The Balaban J connectivity index is 1.58. The lowest BCUT2D eigenvalue weighted by molar-refractivity contribution is 0.102. The summed E-state index contributed by atoms with van der Waals surface area (Å²) >= 11 is 0. The predicted molar refractivity (Wildman–Crippen MR) is 93.7 cm³/mol. The van der Waals surface area contributed by atoms with E-state index in [0.29, 0.717) is 28.3 Å². The second-order valence-electron chi connectivity index (χ2n) is 5.72. The maximum Gasteiger partial charge on any atom is 0.261 e.